The molecule has 0 saturated heterocycles. The zero-order valence-electron chi connectivity index (χ0n) is 6.50. The van der Waals surface area contributed by atoms with Gasteiger partial charge in [-0.1, -0.05) is 0 Å². The molecule has 0 aromatic heterocycles. The van der Waals surface area contributed by atoms with E-state index in [0.29, 0.717) is 0 Å². The van der Waals surface area contributed by atoms with Gasteiger partial charge in [0.25, 0.3) is 0 Å². The molecule has 0 aliphatic carbocycles. The molecule has 0 bridgehead atoms. The predicted molar refractivity (Wildman–Crippen MR) is 21.0 cm³/mol. The molecule has 0 saturated carbocycles. The van der Waals surface area contributed by atoms with Gasteiger partial charge >= 0.3 is 51.4 Å². The fourth-order valence-corrected chi connectivity index (χ4v) is 0. The Bertz CT molecular complexity index is 65.1. The second-order valence-electron chi connectivity index (χ2n) is 0. The minimum Gasteiger partial charge on any atom is -1.00 e. The number of nitrogens with zero attached hydrogens (tertiary/aromatic N) is 4. The maximum absolute atomic E-state index is 6.25. The van der Waals surface area contributed by atoms with E-state index in [2.05, 4.69) is 0 Å². The van der Waals surface area contributed by atoms with Gasteiger partial charge in [0.05, 0.1) is 0 Å². The first-order valence-electron chi connectivity index (χ1n) is 0.894. The van der Waals surface area contributed by atoms with Crippen molar-refractivity contribution in [3.8, 4) is 0 Å². The molecule has 0 aromatic rings. The van der Waals surface area contributed by atoms with E-state index in [4.69, 9.17) is 47.3 Å². The van der Waals surface area contributed by atoms with Crippen molar-refractivity contribution in [3.63, 3.8) is 0 Å². The molecule has 0 aliphatic heterocycles. The Morgan fingerprint density at radius 3 is 0.600 bits per heavy atom. The van der Waals surface area contributed by atoms with Gasteiger partial charge in [0.15, 0.2) is 0 Å². The Labute approximate surface area is 125 Å². The fourth-order valence-electron chi connectivity index (χ4n) is 0. The largest absolute Gasteiger partial charge is 1.00 e. The molecule has 0 rings (SSSR count). The molecule has 0 aliphatic rings. The van der Waals surface area contributed by atoms with Crippen LogP contribution in [0.1, 0.15) is 1.43 Å². The molecule has 0 amide bonds. The monoisotopic (exact) mass is 258 g/mol. The second kappa shape index (κ2) is 2570. The van der Waals surface area contributed by atoms with E-state index in [-0.39, 0.29) is 80.1 Å². The molecule has 44 valence electrons. The van der Waals surface area contributed by atoms with E-state index in [1.165, 1.54) is 0 Å². The molecule has 0 N–H and O–H groups in total. The predicted octanol–water partition coefficient (Wildman–Crippen LogP) is -2.50. The summed E-state index contributed by atoms with van der Waals surface area (Å²) < 4.78 is 0. The maximum atomic E-state index is 6.25. The third-order valence-corrected chi connectivity index (χ3v) is 0. The van der Waals surface area contributed by atoms with Crippen LogP contribution in [0, 0.1) is 47.3 Å². The summed E-state index contributed by atoms with van der Waals surface area (Å²) in [5, 5.41) is 25.0. The summed E-state index contributed by atoms with van der Waals surface area (Å²) in [5.74, 6) is 0. The van der Waals surface area contributed by atoms with Crippen LogP contribution in [-0.4, -0.2) is 0 Å². The van der Waals surface area contributed by atoms with Crippen LogP contribution in [0.4, 0.5) is 0 Å². The van der Waals surface area contributed by atoms with E-state index in [9.17, 15) is 0 Å². The maximum Gasteiger partial charge on any atom is 1.00 e. The van der Waals surface area contributed by atoms with Gasteiger partial charge in [-0.3, -0.25) is 0 Å². The normalized spacial score (nSPS) is 0.800. The first-order valence-corrected chi connectivity index (χ1v) is 0.894. The first-order chi connectivity index (χ1) is 4.00. The summed E-state index contributed by atoms with van der Waals surface area (Å²) in [7, 11) is 0. The molecule has 0 heterocycles. The Morgan fingerprint density at radius 2 is 0.600 bits per heavy atom. The molecule has 0 unspecified atom stereocenters. The van der Waals surface area contributed by atoms with Crippen molar-refractivity contribution in [1.82, 2.24) is 0 Å². The van der Waals surface area contributed by atoms with Crippen LogP contribution in [0.2, 0.25) is 0 Å². The summed E-state index contributed by atoms with van der Waals surface area (Å²) >= 11 is 0. The zero-order chi connectivity index (χ0) is 8.00. The van der Waals surface area contributed by atoms with Gasteiger partial charge in [0.1, 0.15) is 0 Å². The molecule has 0 spiro atoms. The summed E-state index contributed by atoms with van der Waals surface area (Å²) in [6, 6.07) is 0. The van der Waals surface area contributed by atoms with Gasteiger partial charge < -0.3 is 48.8 Å². The first kappa shape index (κ1) is 46.7. The topological polar surface area (TPSA) is 95.2 Å². The molecule has 0 radical (unpaired) electrons. The Balaban J connectivity index is -0.00000000356. The Hall–Kier alpha value is 0.518. The van der Waals surface area contributed by atoms with Crippen molar-refractivity contribution in [1.29, 1.82) is 21.0 Å². The quantitative estimate of drug-likeness (QED) is 0.354. The van der Waals surface area contributed by atoms with Gasteiger partial charge in [-0.25, -0.2) is 0 Å². The summed E-state index contributed by atoms with van der Waals surface area (Å²) in [6.07, 6.45) is 0. The third-order valence-electron chi connectivity index (χ3n) is 0. The fraction of sp³-hybridized carbons (Fsp3) is 0. The molecule has 4 nitrogen and oxygen atoms in total. The van der Waals surface area contributed by atoms with Crippen LogP contribution in [0.15, 0.2) is 0 Å². The van der Waals surface area contributed by atoms with Crippen LogP contribution in [0.25, 0.3) is 0 Å². The minimum atomic E-state index is 0. The van der Waals surface area contributed by atoms with Crippen LogP contribution >= 0.6 is 0 Å². The molecule has 6 heteroatoms. The summed E-state index contributed by atoms with van der Waals surface area (Å²) in [5.41, 5.74) is 0. The van der Waals surface area contributed by atoms with E-state index >= 15 is 0 Å². The van der Waals surface area contributed by atoms with Crippen LogP contribution in [0.3, 0.4) is 0 Å². The standard InChI is InChI=1S/4CN.Cd.K.H/c4*1-2;;;/q4*-1;;+1;-1. The molecular formula is C4HCdKN4-4. The van der Waals surface area contributed by atoms with Crippen molar-refractivity contribution in [2.45, 2.75) is 0 Å². The van der Waals surface area contributed by atoms with Crippen LogP contribution < -0.4 is 51.4 Å². The van der Waals surface area contributed by atoms with Crippen molar-refractivity contribution in [2.75, 3.05) is 0 Å². The smallest absolute Gasteiger partial charge is 1.00 e. The number of hydrogen-bond acceptors (Lipinski definition) is 4. The van der Waals surface area contributed by atoms with Gasteiger partial charge in [0.2, 0.25) is 0 Å². The van der Waals surface area contributed by atoms with E-state index in [1.807, 2.05) is 0 Å². The zero-order valence-corrected chi connectivity index (χ0v) is 12.7. The van der Waals surface area contributed by atoms with E-state index in [1.54, 1.807) is 0 Å². The summed E-state index contributed by atoms with van der Waals surface area (Å²) in [6.45, 7) is 19.0. The van der Waals surface area contributed by atoms with Crippen LogP contribution in [0.5, 0.6) is 0 Å². The average molecular weight is 257 g/mol. The third kappa shape index (κ3) is 1790. The van der Waals surface area contributed by atoms with Gasteiger partial charge in [0, 0.05) is 27.3 Å². The Morgan fingerprint density at radius 1 is 0.600 bits per heavy atom. The van der Waals surface area contributed by atoms with Gasteiger partial charge in [-0.15, -0.1) is 0 Å². The van der Waals surface area contributed by atoms with Crippen molar-refractivity contribution < 1.29 is 80.1 Å². The molecular weight excluding hydrogens is 256 g/mol. The van der Waals surface area contributed by atoms with Crippen molar-refractivity contribution in [3.05, 3.63) is 26.3 Å². The molecule has 10 heavy (non-hydrogen) atoms. The summed E-state index contributed by atoms with van der Waals surface area (Å²) in [4.78, 5) is 0. The SMILES string of the molecule is [C-]#N.[C-]#N.[C-]#N.[C-]#N.[Cd].[H-].[K+]. The van der Waals surface area contributed by atoms with Crippen LogP contribution in [-0.2, 0) is 27.3 Å². The minimum absolute atomic E-state index is 0. The second-order valence-corrected chi connectivity index (χ2v) is 0. The van der Waals surface area contributed by atoms with E-state index < -0.39 is 0 Å². The average Bonchev–Trinajstić information content (AvgIpc) is 2.03. The Kier molecular flexibility index (Phi) is 12000. The number of hydrogen-bond donors (Lipinski definition) is 0. The van der Waals surface area contributed by atoms with Gasteiger partial charge in [-0.05, 0) is 0 Å². The molecule has 0 fully saturated rings. The van der Waals surface area contributed by atoms with Gasteiger partial charge in [-0.2, -0.15) is 0 Å². The van der Waals surface area contributed by atoms with E-state index in [0.717, 1.165) is 0 Å². The number of rotatable bonds is 0. The van der Waals surface area contributed by atoms with Crippen molar-refractivity contribution in [2.24, 2.45) is 0 Å². The molecule has 0 aromatic carbocycles. The molecule has 0 atom stereocenters. The van der Waals surface area contributed by atoms with Crippen molar-refractivity contribution >= 4 is 0 Å².